The average molecular weight is 464 g/mol. The predicted octanol–water partition coefficient (Wildman–Crippen LogP) is 7.24. The number of rotatable bonds is 5. The van der Waals surface area contributed by atoms with Gasteiger partial charge in [-0.1, -0.05) is 59.7 Å². The lowest BCUT2D eigenvalue weighted by Gasteiger charge is -2.47. The van der Waals surface area contributed by atoms with Crippen LogP contribution in [-0.2, 0) is 10.5 Å². The SMILES string of the molecule is CC(=O)n1cc(CCCO)c2ccccc21.CC(C)(C)[Si](C)(C)O[Si](C)(C)C(C)(C)C. The molecule has 0 aliphatic carbocycles. The number of para-hydroxylation sites is 1. The Bertz CT molecular complexity index is 847. The lowest BCUT2D eigenvalue weighted by atomic mass is 10.1. The van der Waals surface area contributed by atoms with Crippen molar-refractivity contribution in [2.45, 2.75) is 97.6 Å². The molecule has 176 valence electrons. The maximum atomic E-state index is 11.5. The van der Waals surface area contributed by atoms with E-state index in [9.17, 15) is 4.79 Å². The fraction of sp³-hybridized carbons (Fsp3) is 0.640. The maximum Gasteiger partial charge on any atom is 0.227 e. The number of nitrogens with zero attached hydrogens (tertiary/aromatic N) is 1. The third kappa shape index (κ3) is 7.14. The minimum Gasteiger partial charge on any atom is -0.455 e. The van der Waals surface area contributed by atoms with E-state index in [0.29, 0.717) is 10.1 Å². The molecule has 2 rings (SSSR count). The van der Waals surface area contributed by atoms with Gasteiger partial charge < -0.3 is 9.22 Å². The lowest BCUT2D eigenvalue weighted by molar-refractivity contribution is 0.0941. The van der Waals surface area contributed by atoms with Crippen LogP contribution < -0.4 is 0 Å². The van der Waals surface area contributed by atoms with Gasteiger partial charge in [0, 0.05) is 25.1 Å². The van der Waals surface area contributed by atoms with Crippen molar-refractivity contribution in [2.75, 3.05) is 6.61 Å². The molecule has 4 nitrogen and oxygen atoms in total. The Morgan fingerprint density at radius 3 is 1.87 bits per heavy atom. The Morgan fingerprint density at radius 2 is 1.45 bits per heavy atom. The molecular formula is C25H45NO3Si2. The second kappa shape index (κ2) is 10.2. The van der Waals surface area contributed by atoms with Gasteiger partial charge in [0.05, 0.1) is 5.52 Å². The Labute approximate surface area is 192 Å². The van der Waals surface area contributed by atoms with E-state index in [4.69, 9.17) is 9.22 Å². The van der Waals surface area contributed by atoms with Gasteiger partial charge in [0.25, 0.3) is 0 Å². The second-order valence-corrected chi connectivity index (χ2v) is 21.4. The Kier molecular flexibility index (Phi) is 9.11. The van der Waals surface area contributed by atoms with Crippen molar-refractivity contribution in [3.05, 3.63) is 36.0 Å². The molecule has 1 aromatic heterocycles. The summed E-state index contributed by atoms with van der Waals surface area (Å²) in [7, 11) is -3.18. The highest BCUT2D eigenvalue weighted by Crippen LogP contribution is 2.44. The first-order valence-electron chi connectivity index (χ1n) is 11.4. The number of hydrogen-bond acceptors (Lipinski definition) is 3. The van der Waals surface area contributed by atoms with Crippen LogP contribution in [-0.4, -0.2) is 38.8 Å². The Balaban J connectivity index is 0.000000311. The molecule has 0 saturated heterocycles. The molecule has 1 heterocycles. The summed E-state index contributed by atoms with van der Waals surface area (Å²) in [4.78, 5) is 11.5. The molecule has 0 unspecified atom stereocenters. The molecule has 0 radical (unpaired) electrons. The van der Waals surface area contributed by atoms with Gasteiger partial charge in [-0.2, -0.15) is 0 Å². The van der Waals surface area contributed by atoms with Crippen molar-refractivity contribution < 1.29 is 14.0 Å². The number of aliphatic hydroxyl groups excluding tert-OH is 1. The van der Waals surface area contributed by atoms with Crippen LogP contribution in [0, 0.1) is 0 Å². The molecule has 0 bridgehead atoms. The number of carbonyl (C=O) groups excluding carboxylic acids is 1. The average Bonchev–Trinajstić information content (AvgIpc) is 2.97. The summed E-state index contributed by atoms with van der Waals surface area (Å²) in [6.45, 7) is 25.0. The number of aromatic nitrogens is 1. The molecule has 0 atom stereocenters. The Hall–Kier alpha value is -1.22. The number of benzene rings is 1. The summed E-state index contributed by atoms with van der Waals surface area (Å²) in [5.74, 6) is 0.0199. The van der Waals surface area contributed by atoms with Crippen molar-refractivity contribution in [3.63, 3.8) is 0 Å². The van der Waals surface area contributed by atoms with Crippen molar-refractivity contribution in [1.29, 1.82) is 0 Å². The summed E-state index contributed by atoms with van der Waals surface area (Å²) < 4.78 is 8.30. The number of aliphatic hydroxyl groups is 1. The van der Waals surface area contributed by atoms with E-state index in [1.54, 1.807) is 11.5 Å². The molecule has 0 aliphatic rings. The van der Waals surface area contributed by atoms with Crippen molar-refractivity contribution in [1.82, 2.24) is 4.57 Å². The van der Waals surface area contributed by atoms with E-state index in [2.05, 4.69) is 67.7 Å². The number of fused-ring (bicyclic) bond motifs is 1. The van der Waals surface area contributed by atoms with E-state index in [1.807, 2.05) is 30.5 Å². The van der Waals surface area contributed by atoms with E-state index in [-0.39, 0.29) is 12.5 Å². The monoisotopic (exact) mass is 463 g/mol. The van der Waals surface area contributed by atoms with Gasteiger partial charge in [-0.25, -0.2) is 0 Å². The van der Waals surface area contributed by atoms with Gasteiger partial charge in [0.1, 0.15) is 0 Å². The van der Waals surface area contributed by atoms with Crippen molar-refractivity contribution in [2.24, 2.45) is 0 Å². The van der Waals surface area contributed by atoms with Crippen LogP contribution in [0.15, 0.2) is 30.5 Å². The summed E-state index contributed by atoms with van der Waals surface area (Å²) in [5.41, 5.74) is 2.07. The molecule has 31 heavy (non-hydrogen) atoms. The van der Waals surface area contributed by atoms with E-state index < -0.39 is 16.6 Å². The van der Waals surface area contributed by atoms with Gasteiger partial charge in [-0.3, -0.25) is 9.36 Å². The summed E-state index contributed by atoms with van der Waals surface area (Å²) >= 11 is 0. The second-order valence-electron chi connectivity index (χ2n) is 11.5. The fourth-order valence-electron chi connectivity index (χ4n) is 2.92. The third-order valence-corrected chi connectivity index (χ3v) is 18.2. The lowest BCUT2D eigenvalue weighted by Crippen LogP contribution is -2.53. The van der Waals surface area contributed by atoms with Gasteiger partial charge in [-0.15, -0.1) is 0 Å². The minimum atomic E-state index is -1.59. The molecule has 1 N–H and O–H groups in total. The molecule has 0 saturated carbocycles. The smallest absolute Gasteiger partial charge is 0.227 e. The first-order valence-corrected chi connectivity index (χ1v) is 17.2. The summed E-state index contributed by atoms with van der Waals surface area (Å²) in [6, 6.07) is 7.85. The van der Waals surface area contributed by atoms with E-state index >= 15 is 0 Å². The fourth-order valence-corrected chi connectivity index (χ4v) is 10.5. The van der Waals surface area contributed by atoms with Crippen LogP contribution in [0.1, 0.15) is 65.2 Å². The maximum absolute atomic E-state index is 11.5. The zero-order valence-electron chi connectivity index (χ0n) is 21.7. The molecule has 6 heteroatoms. The highest BCUT2D eigenvalue weighted by molar-refractivity contribution is 6.87. The van der Waals surface area contributed by atoms with Gasteiger partial charge in [-0.05, 0) is 60.7 Å². The molecular weight excluding hydrogens is 418 g/mol. The van der Waals surface area contributed by atoms with Crippen molar-refractivity contribution >= 4 is 33.4 Å². The quantitative estimate of drug-likeness (QED) is 0.475. The largest absolute Gasteiger partial charge is 0.455 e. The highest BCUT2D eigenvalue weighted by Gasteiger charge is 2.46. The predicted molar refractivity (Wildman–Crippen MR) is 139 cm³/mol. The van der Waals surface area contributed by atoms with Gasteiger partial charge in [0.15, 0.2) is 16.6 Å². The van der Waals surface area contributed by atoms with Crippen molar-refractivity contribution in [3.8, 4) is 0 Å². The molecule has 0 aliphatic heterocycles. The summed E-state index contributed by atoms with van der Waals surface area (Å²) in [6.07, 6.45) is 3.41. The first kappa shape index (κ1) is 27.8. The number of carbonyl (C=O) groups is 1. The van der Waals surface area contributed by atoms with E-state index in [0.717, 1.165) is 29.3 Å². The molecule has 0 fully saturated rings. The van der Waals surface area contributed by atoms with Crippen LogP contribution in [0.2, 0.25) is 36.3 Å². The number of hydrogen-bond donors (Lipinski definition) is 1. The zero-order valence-corrected chi connectivity index (χ0v) is 23.7. The van der Waals surface area contributed by atoms with Crippen LogP contribution in [0.3, 0.4) is 0 Å². The molecule has 2 aromatic rings. The standard InChI is InChI=1S/C13H15NO2.C12H30OSi2/c1-10(16)14-9-11(5-4-8-15)12-6-2-3-7-13(12)14;1-11(2,3)14(7,8)13-15(9,10)12(4,5)6/h2-3,6-7,9,15H,4-5,8H2,1H3;1-10H3. The van der Waals surface area contributed by atoms with Crippen LogP contribution in [0.4, 0.5) is 0 Å². The molecule has 0 amide bonds. The third-order valence-electron chi connectivity index (χ3n) is 6.86. The van der Waals surface area contributed by atoms with Gasteiger partial charge in [0.2, 0.25) is 5.91 Å². The zero-order chi connectivity index (χ0) is 24.3. The normalized spacial score (nSPS) is 13.2. The highest BCUT2D eigenvalue weighted by atomic mass is 28.4. The molecule has 0 spiro atoms. The van der Waals surface area contributed by atoms with E-state index in [1.165, 1.54) is 0 Å². The summed E-state index contributed by atoms with van der Waals surface area (Å²) in [5, 5.41) is 10.6. The Morgan fingerprint density at radius 1 is 0.968 bits per heavy atom. The van der Waals surface area contributed by atoms with Crippen LogP contribution in [0.5, 0.6) is 0 Å². The minimum absolute atomic E-state index is 0.0199. The topological polar surface area (TPSA) is 51.5 Å². The van der Waals surface area contributed by atoms with Crippen LogP contribution >= 0.6 is 0 Å². The van der Waals surface area contributed by atoms with Gasteiger partial charge >= 0.3 is 0 Å². The number of aryl methyl sites for hydroxylation is 1. The molecule has 1 aromatic carbocycles. The van der Waals surface area contributed by atoms with Crippen LogP contribution in [0.25, 0.3) is 10.9 Å². The first-order chi connectivity index (χ1) is 13.9.